The number of imide groups is 1. The van der Waals surface area contributed by atoms with Crippen LogP contribution in [0.15, 0.2) is 0 Å². The SMILES string of the molecule is CC.CN1CC(C#CCNC(=O)O)C(=O)NC1=O. The van der Waals surface area contributed by atoms with E-state index in [0.29, 0.717) is 0 Å². The molecule has 1 saturated heterocycles. The van der Waals surface area contributed by atoms with E-state index in [4.69, 9.17) is 5.11 Å². The number of rotatable bonds is 1. The molecule has 1 heterocycles. The molecular weight excluding hydrogens is 238 g/mol. The van der Waals surface area contributed by atoms with Gasteiger partial charge in [-0.25, -0.2) is 9.59 Å². The van der Waals surface area contributed by atoms with Gasteiger partial charge in [-0.3, -0.25) is 10.1 Å². The van der Waals surface area contributed by atoms with Crippen molar-refractivity contribution >= 4 is 18.0 Å². The van der Waals surface area contributed by atoms with Gasteiger partial charge in [0.2, 0.25) is 5.91 Å². The second-order valence-electron chi connectivity index (χ2n) is 3.21. The Morgan fingerprint density at radius 3 is 2.72 bits per heavy atom. The predicted molar refractivity (Wildman–Crippen MR) is 64.8 cm³/mol. The Bertz CT molecular complexity index is 383. The van der Waals surface area contributed by atoms with Crippen LogP contribution >= 0.6 is 0 Å². The zero-order valence-electron chi connectivity index (χ0n) is 10.6. The molecular formula is C11H17N3O4. The van der Waals surface area contributed by atoms with Crippen molar-refractivity contribution < 1.29 is 19.5 Å². The molecule has 0 aliphatic carbocycles. The fourth-order valence-corrected chi connectivity index (χ4v) is 1.13. The lowest BCUT2D eigenvalue weighted by atomic mass is 10.1. The minimum atomic E-state index is -1.17. The normalized spacial score (nSPS) is 17.7. The van der Waals surface area contributed by atoms with Crippen LogP contribution in [0.25, 0.3) is 0 Å². The Morgan fingerprint density at radius 2 is 2.17 bits per heavy atom. The minimum Gasteiger partial charge on any atom is -0.465 e. The zero-order chi connectivity index (χ0) is 14.1. The standard InChI is InChI=1S/C9H11N3O4.C2H6/c1-12-5-6(7(13)11-8(12)14)3-2-4-10-9(15)16;1-2/h6,10H,4-5H2,1H3,(H,15,16)(H,11,13,14);1-2H3. The van der Waals surface area contributed by atoms with E-state index in [1.807, 2.05) is 13.8 Å². The largest absolute Gasteiger partial charge is 0.465 e. The van der Waals surface area contributed by atoms with Gasteiger partial charge < -0.3 is 15.3 Å². The van der Waals surface area contributed by atoms with E-state index in [1.54, 1.807) is 7.05 Å². The third-order valence-corrected chi connectivity index (χ3v) is 1.95. The van der Waals surface area contributed by atoms with Gasteiger partial charge >= 0.3 is 12.1 Å². The fraction of sp³-hybridized carbons (Fsp3) is 0.545. The first-order valence-corrected chi connectivity index (χ1v) is 5.52. The summed E-state index contributed by atoms with van der Waals surface area (Å²) in [5.74, 6) is 4.04. The van der Waals surface area contributed by atoms with E-state index in [0.717, 1.165) is 0 Å². The molecule has 0 saturated carbocycles. The molecule has 0 aromatic heterocycles. The maximum absolute atomic E-state index is 11.3. The molecule has 4 amide bonds. The summed E-state index contributed by atoms with van der Waals surface area (Å²) in [7, 11) is 1.55. The number of hydrogen-bond acceptors (Lipinski definition) is 3. The van der Waals surface area contributed by atoms with E-state index < -0.39 is 23.9 Å². The molecule has 7 heteroatoms. The Balaban J connectivity index is 0.00000137. The predicted octanol–water partition coefficient (Wildman–Crippen LogP) is 0.0814. The highest BCUT2D eigenvalue weighted by molar-refractivity contribution is 5.99. The zero-order valence-corrected chi connectivity index (χ0v) is 10.6. The van der Waals surface area contributed by atoms with Crippen LogP contribution in [0.2, 0.25) is 0 Å². The smallest absolute Gasteiger partial charge is 0.405 e. The Morgan fingerprint density at radius 1 is 1.56 bits per heavy atom. The summed E-state index contributed by atoms with van der Waals surface area (Å²) < 4.78 is 0. The van der Waals surface area contributed by atoms with Crippen molar-refractivity contribution in [1.29, 1.82) is 0 Å². The lowest BCUT2D eigenvalue weighted by Gasteiger charge is -2.25. The van der Waals surface area contributed by atoms with Crippen molar-refractivity contribution in [2.75, 3.05) is 20.1 Å². The van der Waals surface area contributed by atoms with E-state index in [9.17, 15) is 14.4 Å². The number of carboxylic acid groups (broad SMARTS) is 1. The van der Waals surface area contributed by atoms with Crippen molar-refractivity contribution in [1.82, 2.24) is 15.5 Å². The number of carbonyl (C=O) groups is 3. The highest BCUT2D eigenvalue weighted by Crippen LogP contribution is 2.04. The first kappa shape index (κ1) is 15.8. The van der Waals surface area contributed by atoms with Crippen LogP contribution in [0.5, 0.6) is 0 Å². The van der Waals surface area contributed by atoms with Crippen LogP contribution in [0.4, 0.5) is 9.59 Å². The van der Waals surface area contributed by atoms with Crippen LogP contribution in [-0.2, 0) is 4.79 Å². The molecule has 1 unspecified atom stereocenters. The van der Waals surface area contributed by atoms with Crippen LogP contribution < -0.4 is 10.6 Å². The average Bonchev–Trinajstić information content (AvgIpc) is 2.33. The molecule has 0 bridgehead atoms. The summed E-state index contributed by atoms with van der Waals surface area (Å²) in [4.78, 5) is 33.7. The van der Waals surface area contributed by atoms with Crippen LogP contribution in [0.1, 0.15) is 13.8 Å². The second kappa shape index (κ2) is 7.95. The minimum absolute atomic E-state index is 0.0449. The highest BCUT2D eigenvalue weighted by atomic mass is 16.4. The average molecular weight is 255 g/mol. The fourth-order valence-electron chi connectivity index (χ4n) is 1.13. The molecule has 0 spiro atoms. The van der Waals surface area contributed by atoms with Crippen LogP contribution in [0.3, 0.4) is 0 Å². The number of amides is 4. The number of nitrogens with zero attached hydrogens (tertiary/aromatic N) is 1. The molecule has 18 heavy (non-hydrogen) atoms. The summed E-state index contributed by atoms with van der Waals surface area (Å²) in [5.41, 5.74) is 0. The molecule has 1 fully saturated rings. The van der Waals surface area contributed by atoms with Gasteiger partial charge in [-0.1, -0.05) is 25.7 Å². The van der Waals surface area contributed by atoms with Gasteiger partial charge in [-0.15, -0.1) is 0 Å². The summed E-state index contributed by atoms with van der Waals surface area (Å²) in [5, 5.41) is 12.5. The summed E-state index contributed by atoms with van der Waals surface area (Å²) >= 11 is 0. The van der Waals surface area contributed by atoms with E-state index in [1.165, 1.54) is 4.90 Å². The molecule has 1 atom stereocenters. The summed E-state index contributed by atoms with van der Waals surface area (Å²) in [6.45, 7) is 4.17. The Labute approximate surface area is 106 Å². The molecule has 1 rings (SSSR count). The van der Waals surface area contributed by atoms with Crippen molar-refractivity contribution in [3.05, 3.63) is 0 Å². The maximum Gasteiger partial charge on any atom is 0.405 e. The summed E-state index contributed by atoms with van der Waals surface area (Å²) in [6.07, 6.45) is -1.17. The van der Waals surface area contributed by atoms with Crippen LogP contribution in [0, 0.1) is 17.8 Å². The Hall–Kier alpha value is -2.23. The first-order chi connectivity index (χ1) is 8.50. The van der Waals surface area contributed by atoms with Gasteiger partial charge in [0, 0.05) is 13.6 Å². The third kappa shape index (κ3) is 5.21. The molecule has 100 valence electrons. The maximum atomic E-state index is 11.3. The van der Waals surface area contributed by atoms with E-state index in [-0.39, 0.29) is 13.1 Å². The number of hydrogen-bond donors (Lipinski definition) is 3. The van der Waals surface area contributed by atoms with E-state index >= 15 is 0 Å². The van der Waals surface area contributed by atoms with Gasteiger partial charge in [0.05, 0.1) is 6.54 Å². The Kier molecular flexibility index (Phi) is 6.96. The van der Waals surface area contributed by atoms with Gasteiger partial charge in [-0.2, -0.15) is 0 Å². The topological polar surface area (TPSA) is 98.7 Å². The quantitative estimate of drug-likeness (QED) is 0.578. The number of urea groups is 1. The molecule has 1 aliphatic heterocycles. The van der Waals surface area contributed by atoms with Crippen molar-refractivity contribution in [2.24, 2.45) is 5.92 Å². The molecule has 1 aliphatic rings. The molecule has 0 radical (unpaired) electrons. The molecule has 0 aromatic rings. The van der Waals surface area contributed by atoms with Gasteiger partial charge in [-0.05, 0) is 0 Å². The number of carbonyl (C=O) groups excluding carboxylic acids is 2. The van der Waals surface area contributed by atoms with Gasteiger partial charge in [0.25, 0.3) is 0 Å². The summed E-state index contributed by atoms with van der Waals surface area (Å²) in [6, 6.07) is -0.452. The monoisotopic (exact) mass is 255 g/mol. The lowest BCUT2D eigenvalue weighted by molar-refractivity contribution is -0.123. The van der Waals surface area contributed by atoms with Gasteiger partial charge in [0.15, 0.2) is 0 Å². The third-order valence-electron chi connectivity index (χ3n) is 1.95. The van der Waals surface area contributed by atoms with Crippen molar-refractivity contribution in [3.63, 3.8) is 0 Å². The molecule has 7 nitrogen and oxygen atoms in total. The van der Waals surface area contributed by atoms with Crippen molar-refractivity contribution in [2.45, 2.75) is 13.8 Å². The van der Waals surface area contributed by atoms with Gasteiger partial charge in [0.1, 0.15) is 5.92 Å². The van der Waals surface area contributed by atoms with E-state index in [2.05, 4.69) is 22.5 Å². The molecule has 0 aromatic carbocycles. The van der Waals surface area contributed by atoms with Crippen molar-refractivity contribution in [3.8, 4) is 11.8 Å². The first-order valence-electron chi connectivity index (χ1n) is 5.52. The molecule has 3 N–H and O–H groups in total. The second-order valence-corrected chi connectivity index (χ2v) is 3.21. The van der Waals surface area contributed by atoms with Crippen LogP contribution in [-0.4, -0.2) is 48.2 Å². The number of nitrogens with one attached hydrogen (secondary N) is 2. The highest BCUT2D eigenvalue weighted by Gasteiger charge is 2.28. The lowest BCUT2D eigenvalue weighted by Crippen LogP contribution is -2.52.